The molecule has 2 aromatic rings. The van der Waals surface area contributed by atoms with Crippen molar-refractivity contribution in [1.29, 1.82) is 0 Å². The van der Waals surface area contributed by atoms with Crippen molar-refractivity contribution in [1.82, 2.24) is 15.0 Å². The number of carbonyl (C=O) groups excluding carboxylic acids is 1. The zero-order valence-corrected chi connectivity index (χ0v) is 12.2. The van der Waals surface area contributed by atoms with Crippen LogP contribution in [0.25, 0.3) is 5.69 Å². The van der Waals surface area contributed by atoms with Gasteiger partial charge >= 0.3 is 0 Å². The zero-order valence-electron chi connectivity index (χ0n) is 11.5. The molecule has 0 spiro atoms. The van der Waals surface area contributed by atoms with Crippen molar-refractivity contribution in [2.24, 2.45) is 5.92 Å². The van der Waals surface area contributed by atoms with Gasteiger partial charge in [-0.05, 0) is 24.5 Å². The molecule has 1 aromatic heterocycles. The highest BCUT2D eigenvalue weighted by atomic mass is 35.5. The van der Waals surface area contributed by atoms with Crippen LogP contribution in [0.15, 0.2) is 18.2 Å². The molecular formula is C13H13ClN4O3. The van der Waals surface area contributed by atoms with E-state index >= 15 is 0 Å². The predicted octanol–water partition coefficient (Wildman–Crippen LogP) is 2.84. The molecule has 0 aliphatic rings. The third-order valence-electron chi connectivity index (χ3n) is 2.88. The van der Waals surface area contributed by atoms with Crippen LogP contribution in [0.3, 0.4) is 0 Å². The van der Waals surface area contributed by atoms with E-state index in [-0.39, 0.29) is 22.3 Å². The van der Waals surface area contributed by atoms with Crippen LogP contribution in [0.2, 0.25) is 5.02 Å². The fraction of sp³-hybridized carbons (Fsp3) is 0.308. The summed E-state index contributed by atoms with van der Waals surface area (Å²) in [5, 5.41) is 18.7. The summed E-state index contributed by atoms with van der Waals surface area (Å²) in [6.45, 7) is 3.99. The van der Waals surface area contributed by atoms with E-state index in [2.05, 4.69) is 10.3 Å². The number of hydrogen-bond donors (Lipinski definition) is 0. The maximum Gasteiger partial charge on any atom is 0.290 e. The number of hydrogen-bond acceptors (Lipinski definition) is 5. The summed E-state index contributed by atoms with van der Waals surface area (Å²) in [5.74, 6) is 0.281. The highest BCUT2D eigenvalue weighted by Gasteiger charge is 2.18. The predicted molar refractivity (Wildman–Crippen MR) is 77.0 cm³/mol. The van der Waals surface area contributed by atoms with Crippen LogP contribution in [0.4, 0.5) is 5.69 Å². The maximum atomic E-state index is 11.0. The molecule has 21 heavy (non-hydrogen) atoms. The standard InChI is InChI=1S/C13H13ClN4O3/c1-8(2)5-13-11(7-19)15-16-17(13)9-3-4-10(14)12(6-9)18(20)21/h3-4,6-8H,5H2,1-2H3. The molecular weight excluding hydrogens is 296 g/mol. The van der Waals surface area contributed by atoms with E-state index in [9.17, 15) is 14.9 Å². The normalized spacial score (nSPS) is 10.9. The van der Waals surface area contributed by atoms with Crippen LogP contribution in [0, 0.1) is 16.0 Å². The lowest BCUT2D eigenvalue weighted by molar-refractivity contribution is -0.384. The maximum absolute atomic E-state index is 11.0. The Labute approximate surface area is 125 Å². The third-order valence-corrected chi connectivity index (χ3v) is 3.20. The van der Waals surface area contributed by atoms with Crippen molar-refractivity contribution < 1.29 is 9.72 Å². The number of nitro groups is 1. The summed E-state index contributed by atoms with van der Waals surface area (Å²) in [6, 6.07) is 4.34. The lowest BCUT2D eigenvalue weighted by Crippen LogP contribution is -2.07. The van der Waals surface area contributed by atoms with Crippen molar-refractivity contribution in [2.45, 2.75) is 20.3 Å². The van der Waals surface area contributed by atoms with Crippen LogP contribution in [-0.2, 0) is 6.42 Å². The first kappa shape index (κ1) is 15.1. The molecule has 110 valence electrons. The average molecular weight is 309 g/mol. The van der Waals surface area contributed by atoms with Crippen LogP contribution in [-0.4, -0.2) is 26.2 Å². The number of nitro benzene ring substituents is 1. The van der Waals surface area contributed by atoms with Gasteiger partial charge in [-0.25, -0.2) is 4.68 Å². The van der Waals surface area contributed by atoms with Crippen molar-refractivity contribution in [3.05, 3.63) is 44.7 Å². The molecule has 0 amide bonds. The van der Waals surface area contributed by atoms with Gasteiger partial charge in [0.25, 0.3) is 5.69 Å². The fourth-order valence-electron chi connectivity index (χ4n) is 1.96. The smallest absolute Gasteiger partial charge is 0.290 e. The largest absolute Gasteiger partial charge is 0.296 e. The number of benzene rings is 1. The third kappa shape index (κ3) is 3.08. The number of aldehydes is 1. The van der Waals surface area contributed by atoms with Gasteiger partial charge in [0, 0.05) is 6.07 Å². The quantitative estimate of drug-likeness (QED) is 0.481. The Morgan fingerprint density at radius 2 is 2.19 bits per heavy atom. The average Bonchev–Trinajstić information content (AvgIpc) is 2.81. The number of nitrogens with zero attached hydrogens (tertiary/aromatic N) is 4. The summed E-state index contributed by atoms with van der Waals surface area (Å²) in [7, 11) is 0. The van der Waals surface area contributed by atoms with Gasteiger partial charge in [-0.2, -0.15) is 0 Å². The van der Waals surface area contributed by atoms with Gasteiger partial charge < -0.3 is 0 Å². The van der Waals surface area contributed by atoms with Gasteiger partial charge in [0.1, 0.15) is 10.7 Å². The van der Waals surface area contributed by atoms with E-state index in [1.54, 1.807) is 6.07 Å². The van der Waals surface area contributed by atoms with E-state index in [1.807, 2.05) is 13.8 Å². The first-order valence-electron chi connectivity index (χ1n) is 6.28. The van der Waals surface area contributed by atoms with E-state index in [1.165, 1.54) is 16.8 Å². The minimum Gasteiger partial charge on any atom is -0.296 e. The van der Waals surface area contributed by atoms with E-state index in [0.29, 0.717) is 24.1 Å². The monoisotopic (exact) mass is 308 g/mol. The molecule has 0 saturated heterocycles. The van der Waals surface area contributed by atoms with Gasteiger partial charge in [-0.3, -0.25) is 14.9 Å². The van der Waals surface area contributed by atoms with Crippen molar-refractivity contribution in [3.8, 4) is 5.69 Å². The minimum atomic E-state index is -0.564. The summed E-state index contributed by atoms with van der Waals surface area (Å²) in [4.78, 5) is 21.4. The molecule has 0 aliphatic heterocycles. The molecule has 0 unspecified atom stereocenters. The van der Waals surface area contributed by atoms with E-state index < -0.39 is 4.92 Å². The fourth-order valence-corrected chi connectivity index (χ4v) is 2.15. The molecule has 0 saturated carbocycles. The highest BCUT2D eigenvalue weighted by molar-refractivity contribution is 6.32. The van der Waals surface area contributed by atoms with Gasteiger partial charge in [-0.15, -0.1) is 5.10 Å². The van der Waals surface area contributed by atoms with Crippen LogP contribution >= 0.6 is 11.6 Å². The summed E-state index contributed by atoms with van der Waals surface area (Å²) in [5.41, 5.74) is 1.09. The molecule has 0 atom stereocenters. The Morgan fingerprint density at radius 1 is 1.48 bits per heavy atom. The topological polar surface area (TPSA) is 90.9 Å². The summed E-state index contributed by atoms with van der Waals surface area (Å²) >= 11 is 5.79. The SMILES string of the molecule is CC(C)Cc1c(C=O)nnn1-c1ccc(Cl)c([N+](=O)[O-])c1. The van der Waals surface area contributed by atoms with Crippen molar-refractivity contribution in [3.63, 3.8) is 0 Å². The lowest BCUT2D eigenvalue weighted by Gasteiger charge is -2.09. The number of carbonyl (C=O) groups is 1. The Hall–Kier alpha value is -2.28. The molecule has 7 nitrogen and oxygen atoms in total. The first-order chi connectivity index (χ1) is 9.93. The van der Waals surface area contributed by atoms with E-state index in [0.717, 1.165) is 0 Å². The highest BCUT2D eigenvalue weighted by Crippen LogP contribution is 2.27. The number of halogens is 1. The van der Waals surface area contributed by atoms with Crippen LogP contribution in [0.1, 0.15) is 30.0 Å². The second kappa shape index (κ2) is 6.01. The number of rotatable bonds is 5. The molecule has 1 aromatic carbocycles. The Kier molecular flexibility index (Phi) is 4.32. The number of aromatic nitrogens is 3. The second-order valence-corrected chi connectivity index (χ2v) is 5.35. The minimum absolute atomic E-state index is 0.0462. The van der Waals surface area contributed by atoms with Crippen LogP contribution < -0.4 is 0 Å². The van der Waals surface area contributed by atoms with Crippen molar-refractivity contribution in [2.75, 3.05) is 0 Å². The van der Waals surface area contributed by atoms with Crippen LogP contribution in [0.5, 0.6) is 0 Å². The van der Waals surface area contributed by atoms with Gasteiger partial charge in [-0.1, -0.05) is 30.7 Å². The summed E-state index contributed by atoms with van der Waals surface area (Å²) in [6.07, 6.45) is 1.21. The molecule has 8 heteroatoms. The first-order valence-corrected chi connectivity index (χ1v) is 6.66. The van der Waals surface area contributed by atoms with Crippen molar-refractivity contribution >= 4 is 23.6 Å². The molecule has 0 N–H and O–H groups in total. The van der Waals surface area contributed by atoms with Gasteiger partial charge in [0.2, 0.25) is 0 Å². The van der Waals surface area contributed by atoms with E-state index in [4.69, 9.17) is 11.6 Å². The lowest BCUT2D eigenvalue weighted by atomic mass is 10.1. The van der Waals surface area contributed by atoms with Gasteiger partial charge in [0.15, 0.2) is 6.29 Å². The molecule has 0 fully saturated rings. The Morgan fingerprint density at radius 3 is 2.76 bits per heavy atom. The Balaban J connectivity index is 2.56. The zero-order chi connectivity index (χ0) is 15.6. The molecule has 0 bridgehead atoms. The Bertz CT molecular complexity index is 697. The molecule has 1 heterocycles. The molecule has 2 rings (SSSR count). The molecule has 0 radical (unpaired) electrons. The molecule has 0 aliphatic carbocycles. The van der Waals surface area contributed by atoms with Gasteiger partial charge in [0.05, 0.1) is 16.3 Å². The second-order valence-electron chi connectivity index (χ2n) is 4.94. The summed E-state index contributed by atoms with van der Waals surface area (Å²) < 4.78 is 1.44.